The predicted molar refractivity (Wildman–Crippen MR) is 68.1 cm³/mol. The first kappa shape index (κ1) is 14.5. The second-order valence-electron chi connectivity index (χ2n) is 4.69. The van der Waals surface area contributed by atoms with E-state index < -0.39 is 38.2 Å². The second-order valence-corrected chi connectivity index (χ2v) is 7.10. The number of hydrogen-bond donors (Lipinski definition) is 1. The highest BCUT2D eigenvalue weighted by Gasteiger charge is 2.76. The van der Waals surface area contributed by atoms with E-state index in [0.29, 0.717) is 0 Å². The molecule has 0 heterocycles. The van der Waals surface area contributed by atoms with Crippen LogP contribution < -0.4 is 0 Å². The van der Waals surface area contributed by atoms with Gasteiger partial charge < -0.3 is 5.11 Å². The zero-order chi connectivity index (χ0) is 15.1. The lowest BCUT2D eigenvalue weighted by Gasteiger charge is -2.02. The molecule has 1 aliphatic carbocycles. The van der Waals surface area contributed by atoms with Crippen LogP contribution in [0.1, 0.15) is 18.4 Å². The van der Waals surface area contributed by atoms with Crippen LogP contribution in [0.25, 0.3) is 0 Å². The zero-order valence-electron chi connectivity index (χ0n) is 10.6. The van der Waals surface area contributed by atoms with E-state index >= 15 is 0 Å². The Morgan fingerprint density at radius 2 is 2.20 bits per heavy atom. The van der Waals surface area contributed by atoms with Gasteiger partial charge in [-0.1, -0.05) is 19.1 Å². The standard InChI is InChI=1S/C13H12FNO4S/c1-2-20(18,19)11-10(13(11,7-15)12(16)17)8-4-3-5-9(14)6-8/h3-6,10-11H,2H2,1H3,(H,16,17)/t10-,11-,13-/m1/s1. The van der Waals surface area contributed by atoms with E-state index in [1.54, 1.807) is 6.07 Å². The van der Waals surface area contributed by atoms with Gasteiger partial charge in [0.2, 0.25) is 0 Å². The van der Waals surface area contributed by atoms with Crippen molar-refractivity contribution in [2.75, 3.05) is 5.75 Å². The lowest BCUT2D eigenvalue weighted by molar-refractivity contribution is -0.141. The van der Waals surface area contributed by atoms with Gasteiger partial charge in [0.1, 0.15) is 11.1 Å². The number of benzene rings is 1. The monoisotopic (exact) mass is 297 g/mol. The molecule has 0 aliphatic heterocycles. The van der Waals surface area contributed by atoms with Crippen molar-refractivity contribution in [2.24, 2.45) is 5.41 Å². The molecule has 0 bridgehead atoms. The van der Waals surface area contributed by atoms with Gasteiger partial charge in [0, 0.05) is 11.7 Å². The Bertz CT molecular complexity index is 709. The van der Waals surface area contributed by atoms with Crippen molar-refractivity contribution in [3.63, 3.8) is 0 Å². The summed E-state index contributed by atoms with van der Waals surface area (Å²) >= 11 is 0. The molecule has 1 aliphatic rings. The number of rotatable bonds is 4. The Hall–Kier alpha value is -1.94. The summed E-state index contributed by atoms with van der Waals surface area (Å²) < 4.78 is 37.2. The Kier molecular flexibility index (Phi) is 3.30. The number of carboxylic acids is 1. The summed E-state index contributed by atoms with van der Waals surface area (Å²) in [5.74, 6) is -3.39. The lowest BCUT2D eigenvalue weighted by Crippen LogP contribution is -2.23. The van der Waals surface area contributed by atoms with Gasteiger partial charge in [0.05, 0.1) is 6.07 Å². The SMILES string of the molecule is CCS(=O)(=O)[C@@H]1[C@@H](c2cccc(F)c2)[C@@]1(C#N)C(=O)O. The van der Waals surface area contributed by atoms with Crippen LogP contribution in [0.4, 0.5) is 4.39 Å². The average molecular weight is 297 g/mol. The molecule has 106 valence electrons. The number of nitriles is 1. The highest BCUT2D eigenvalue weighted by atomic mass is 32.2. The fourth-order valence-corrected chi connectivity index (χ4v) is 4.53. The molecule has 1 saturated carbocycles. The summed E-state index contributed by atoms with van der Waals surface area (Å²) in [6.45, 7) is 1.39. The topological polar surface area (TPSA) is 95.2 Å². The number of nitrogens with zero attached hydrogens (tertiary/aromatic N) is 1. The van der Waals surface area contributed by atoms with Gasteiger partial charge in [0.25, 0.3) is 0 Å². The Morgan fingerprint density at radius 3 is 2.65 bits per heavy atom. The van der Waals surface area contributed by atoms with Gasteiger partial charge >= 0.3 is 5.97 Å². The molecule has 1 aromatic carbocycles. The maximum Gasteiger partial charge on any atom is 0.326 e. The summed E-state index contributed by atoms with van der Waals surface area (Å²) in [6, 6.07) is 6.66. The van der Waals surface area contributed by atoms with Crippen LogP contribution >= 0.6 is 0 Å². The Morgan fingerprint density at radius 1 is 1.55 bits per heavy atom. The van der Waals surface area contributed by atoms with Crippen molar-refractivity contribution < 1.29 is 22.7 Å². The predicted octanol–water partition coefficient (Wildman–Crippen LogP) is 1.32. The van der Waals surface area contributed by atoms with E-state index in [4.69, 9.17) is 5.26 Å². The molecular formula is C13H12FNO4S. The normalized spacial score (nSPS) is 28.6. The smallest absolute Gasteiger partial charge is 0.326 e. The molecule has 0 unspecified atom stereocenters. The summed E-state index contributed by atoms with van der Waals surface area (Å²) in [5, 5.41) is 17.1. The molecule has 0 radical (unpaired) electrons. The molecule has 0 saturated heterocycles. The first-order chi connectivity index (χ1) is 9.31. The third kappa shape index (κ3) is 1.88. The zero-order valence-corrected chi connectivity index (χ0v) is 11.4. The number of aliphatic carboxylic acids is 1. The third-order valence-corrected chi connectivity index (χ3v) is 5.89. The van der Waals surface area contributed by atoms with Crippen LogP contribution in [-0.2, 0) is 14.6 Å². The van der Waals surface area contributed by atoms with Crippen LogP contribution in [-0.4, -0.2) is 30.5 Å². The average Bonchev–Trinajstić information content (AvgIpc) is 3.10. The van der Waals surface area contributed by atoms with E-state index in [-0.39, 0.29) is 11.3 Å². The summed E-state index contributed by atoms with van der Waals surface area (Å²) in [7, 11) is -3.73. The van der Waals surface area contributed by atoms with Crippen LogP contribution in [0.5, 0.6) is 0 Å². The van der Waals surface area contributed by atoms with Crippen molar-refractivity contribution in [3.8, 4) is 6.07 Å². The van der Waals surface area contributed by atoms with Gasteiger partial charge in [-0.05, 0) is 17.7 Å². The molecular weight excluding hydrogens is 285 g/mol. The number of carbonyl (C=O) groups is 1. The lowest BCUT2D eigenvalue weighted by atomic mass is 10.0. The molecule has 20 heavy (non-hydrogen) atoms. The molecule has 5 nitrogen and oxygen atoms in total. The van der Waals surface area contributed by atoms with Crippen LogP contribution in [0.2, 0.25) is 0 Å². The van der Waals surface area contributed by atoms with E-state index in [1.165, 1.54) is 25.1 Å². The maximum atomic E-state index is 13.2. The Balaban J connectivity index is 2.58. The summed E-state index contributed by atoms with van der Waals surface area (Å²) in [4.78, 5) is 11.4. The summed E-state index contributed by atoms with van der Waals surface area (Å²) in [6.07, 6.45) is 0. The summed E-state index contributed by atoms with van der Waals surface area (Å²) in [5.41, 5.74) is -1.81. The van der Waals surface area contributed by atoms with E-state index in [9.17, 15) is 22.7 Å². The van der Waals surface area contributed by atoms with Crippen molar-refractivity contribution in [1.82, 2.24) is 0 Å². The first-order valence-corrected chi connectivity index (χ1v) is 7.64. The fraction of sp³-hybridized carbons (Fsp3) is 0.385. The molecule has 1 N–H and O–H groups in total. The van der Waals surface area contributed by atoms with Crippen molar-refractivity contribution in [3.05, 3.63) is 35.6 Å². The molecule has 0 amide bonds. The van der Waals surface area contributed by atoms with E-state index in [0.717, 1.165) is 6.07 Å². The van der Waals surface area contributed by atoms with Crippen molar-refractivity contribution in [2.45, 2.75) is 18.1 Å². The molecule has 7 heteroatoms. The minimum atomic E-state index is -3.73. The fourth-order valence-electron chi connectivity index (χ4n) is 2.60. The second kappa shape index (κ2) is 4.56. The minimum absolute atomic E-state index is 0.218. The number of carboxylic acid groups (broad SMARTS) is 1. The largest absolute Gasteiger partial charge is 0.480 e. The van der Waals surface area contributed by atoms with Gasteiger partial charge in [-0.2, -0.15) is 5.26 Å². The highest BCUT2D eigenvalue weighted by molar-refractivity contribution is 7.92. The molecule has 0 aromatic heterocycles. The van der Waals surface area contributed by atoms with Crippen LogP contribution in [0.15, 0.2) is 24.3 Å². The van der Waals surface area contributed by atoms with Gasteiger partial charge in [0.15, 0.2) is 15.3 Å². The van der Waals surface area contributed by atoms with Crippen LogP contribution in [0, 0.1) is 22.6 Å². The quantitative estimate of drug-likeness (QED) is 0.904. The van der Waals surface area contributed by atoms with Gasteiger partial charge in [-0.15, -0.1) is 0 Å². The molecule has 2 rings (SSSR count). The minimum Gasteiger partial charge on any atom is -0.480 e. The first-order valence-electron chi connectivity index (χ1n) is 5.93. The Labute approximate surface area is 115 Å². The third-order valence-electron chi connectivity index (χ3n) is 3.67. The number of halogens is 1. The van der Waals surface area contributed by atoms with Crippen LogP contribution in [0.3, 0.4) is 0 Å². The van der Waals surface area contributed by atoms with E-state index in [1.807, 2.05) is 0 Å². The van der Waals surface area contributed by atoms with Gasteiger partial charge in [-0.25, -0.2) is 12.8 Å². The number of sulfone groups is 1. The molecule has 1 fully saturated rings. The van der Waals surface area contributed by atoms with Crippen molar-refractivity contribution in [1.29, 1.82) is 5.26 Å². The number of hydrogen-bond acceptors (Lipinski definition) is 4. The molecule has 3 atom stereocenters. The van der Waals surface area contributed by atoms with Gasteiger partial charge in [-0.3, -0.25) is 4.79 Å². The maximum absolute atomic E-state index is 13.2. The molecule has 1 aromatic rings. The van der Waals surface area contributed by atoms with E-state index in [2.05, 4.69) is 0 Å². The van der Waals surface area contributed by atoms with Crippen molar-refractivity contribution >= 4 is 15.8 Å². The highest BCUT2D eigenvalue weighted by Crippen LogP contribution is 2.63. The molecule has 0 spiro atoms.